The lowest BCUT2D eigenvalue weighted by atomic mass is 10.4. The van der Waals surface area contributed by atoms with Gasteiger partial charge in [-0.2, -0.15) is 0 Å². The minimum atomic E-state index is 0.774. The molecule has 0 unspecified atom stereocenters. The summed E-state index contributed by atoms with van der Waals surface area (Å²) in [5.74, 6) is 0. The molecule has 1 rings (SSSR count). The Hall–Kier alpha value is -0.810. The summed E-state index contributed by atoms with van der Waals surface area (Å²) >= 11 is 1.53. The second-order valence-corrected chi connectivity index (χ2v) is 3.96. The minimum absolute atomic E-state index is 0.774. The third-order valence-electron chi connectivity index (χ3n) is 1.76. The van der Waals surface area contributed by atoms with Gasteiger partial charge in [-0.3, -0.25) is 0 Å². The second kappa shape index (κ2) is 5.04. The molecule has 0 amide bonds. The molecule has 0 saturated heterocycles. The second-order valence-electron chi connectivity index (χ2n) is 2.92. The van der Waals surface area contributed by atoms with Gasteiger partial charge in [-0.05, 0) is 20.0 Å². The molecule has 0 atom stereocenters. The molecule has 0 aliphatic rings. The molecule has 0 aliphatic carbocycles. The summed E-state index contributed by atoms with van der Waals surface area (Å²) in [6, 6.07) is 0. The van der Waals surface area contributed by atoms with E-state index in [4.69, 9.17) is 5.73 Å². The number of nitrogen functional groups attached to an aromatic ring is 1. The van der Waals surface area contributed by atoms with Crippen molar-refractivity contribution >= 4 is 21.5 Å². The molecule has 0 saturated carbocycles. The smallest absolute Gasteiger partial charge is 0.186 e. The molecule has 0 aromatic carbocycles. The number of hydrogen-bond acceptors (Lipinski definition) is 5. The normalized spacial score (nSPS) is 10.3. The van der Waals surface area contributed by atoms with Crippen LogP contribution in [-0.4, -0.2) is 32.2 Å². The van der Waals surface area contributed by atoms with E-state index in [0.29, 0.717) is 0 Å². The molecule has 1 heterocycles. The van der Waals surface area contributed by atoms with Gasteiger partial charge >= 0.3 is 0 Å². The topological polar surface area (TPSA) is 54.2 Å². The molecule has 1 aromatic rings. The highest BCUT2D eigenvalue weighted by molar-refractivity contribution is 7.19. The van der Waals surface area contributed by atoms with Crippen molar-refractivity contribution in [3.05, 3.63) is 6.20 Å². The van der Waals surface area contributed by atoms with Gasteiger partial charge in [0.15, 0.2) is 5.13 Å². The maximum atomic E-state index is 5.59. The SMILES string of the molecule is CNCCCN(C)c1ncc(N)s1. The Morgan fingerprint density at radius 1 is 1.69 bits per heavy atom. The predicted molar refractivity (Wildman–Crippen MR) is 58.3 cm³/mol. The van der Waals surface area contributed by atoms with Crippen molar-refractivity contribution in [2.45, 2.75) is 6.42 Å². The number of nitrogens with zero attached hydrogens (tertiary/aromatic N) is 2. The number of nitrogens with two attached hydrogens (primary N) is 1. The summed E-state index contributed by atoms with van der Waals surface area (Å²) in [4.78, 5) is 6.32. The highest BCUT2D eigenvalue weighted by atomic mass is 32.1. The molecule has 13 heavy (non-hydrogen) atoms. The molecule has 1 aromatic heterocycles. The first-order chi connectivity index (χ1) is 6.24. The van der Waals surface area contributed by atoms with Crippen LogP contribution in [0.5, 0.6) is 0 Å². The number of rotatable bonds is 5. The quantitative estimate of drug-likeness (QED) is 0.689. The van der Waals surface area contributed by atoms with Gasteiger partial charge in [0.05, 0.1) is 6.20 Å². The zero-order chi connectivity index (χ0) is 9.68. The Labute approximate surface area is 82.8 Å². The van der Waals surface area contributed by atoms with Gasteiger partial charge < -0.3 is 16.0 Å². The molecule has 4 nitrogen and oxygen atoms in total. The summed E-state index contributed by atoms with van der Waals surface area (Å²) < 4.78 is 0. The molecule has 0 fully saturated rings. The van der Waals surface area contributed by atoms with Gasteiger partial charge in [0.2, 0.25) is 0 Å². The van der Waals surface area contributed by atoms with Crippen LogP contribution in [0.25, 0.3) is 0 Å². The standard InChI is InChI=1S/C8H16N4S/c1-10-4-3-5-12(2)8-11-6-7(9)13-8/h6,10H,3-5,9H2,1-2H3. The van der Waals surface area contributed by atoms with E-state index in [-0.39, 0.29) is 0 Å². The van der Waals surface area contributed by atoms with Gasteiger partial charge in [-0.1, -0.05) is 11.3 Å². The van der Waals surface area contributed by atoms with E-state index < -0.39 is 0 Å². The van der Waals surface area contributed by atoms with Crippen LogP contribution in [0.2, 0.25) is 0 Å². The van der Waals surface area contributed by atoms with Crippen LogP contribution in [0, 0.1) is 0 Å². The maximum Gasteiger partial charge on any atom is 0.186 e. The molecular weight excluding hydrogens is 184 g/mol. The van der Waals surface area contributed by atoms with E-state index in [9.17, 15) is 0 Å². The molecule has 3 N–H and O–H groups in total. The zero-order valence-corrected chi connectivity index (χ0v) is 8.90. The molecule has 0 aliphatic heterocycles. The monoisotopic (exact) mass is 200 g/mol. The molecule has 0 radical (unpaired) electrons. The Morgan fingerprint density at radius 3 is 3.00 bits per heavy atom. The fraction of sp³-hybridized carbons (Fsp3) is 0.625. The van der Waals surface area contributed by atoms with Gasteiger partial charge in [0.25, 0.3) is 0 Å². The van der Waals surface area contributed by atoms with Gasteiger partial charge in [0, 0.05) is 13.6 Å². The first-order valence-corrected chi connectivity index (χ1v) is 5.12. The van der Waals surface area contributed by atoms with Crippen LogP contribution in [0.15, 0.2) is 6.20 Å². The lowest BCUT2D eigenvalue weighted by Crippen LogP contribution is -2.21. The van der Waals surface area contributed by atoms with Crippen LogP contribution in [0.4, 0.5) is 10.1 Å². The average Bonchev–Trinajstić information content (AvgIpc) is 2.52. The third-order valence-corrected chi connectivity index (χ3v) is 2.70. The molecule has 74 valence electrons. The summed E-state index contributed by atoms with van der Waals surface area (Å²) in [5.41, 5.74) is 5.59. The largest absolute Gasteiger partial charge is 0.389 e. The van der Waals surface area contributed by atoms with E-state index >= 15 is 0 Å². The van der Waals surface area contributed by atoms with Gasteiger partial charge in [-0.25, -0.2) is 4.98 Å². The first-order valence-electron chi connectivity index (χ1n) is 4.31. The average molecular weight is 200 g/mol. The van der Waals surface area contributed by atoms with E-state index in [2.05, 4.69) is 15.2 Å². The number of hydrogen-bond donors (Lipinski definition) is 2. The highest BCUT2D eigenvalue weighted by Crippen LogP contribution is 2.22. The van der Waals surface area contributed by atoms with E-state index in [0.717, 1.165) is 29.6 Å². The van der Waals surface area contributed by atoms with Crippen LogP contribution in [0.3, 0.4) is 0 Å². The Balaban J connectivity index is 2.35. The van der Waals surface area contributed by atoms with Crippen molar-refractivity contribution in [2.24, 2.45) is 0 Å². The zero-order valence-electron chi connectivity index (χ0n) is 8.08. The van der Waals surface area contributed by atoms with Crippen LogP contribution in [-0.2, 0) is 0 Å². The molecular formula is C8H16N4S. The Kier molecular flexibility index (Phi) is 3.98. The van der Waals surface area contributed by atoms with Gasteiger partial charge in [0.1, 0.15) is 5.00 Å². The summed E-state index contributed by atoms with van der Waals surface area (Å²) in [6.07, 6.45) is 2.82. The lowest BCUT2D eigenvalue weighted by molar-refractivity contribution is 0.712. The molecule has 0 bridgehead atoms. The van der Waals surface area contributed by atoms with Crippen LogP contribution < -0.4 is 16.0 Å². The minimum Gasteiger partial charge on any atom is -0.389 e. The van der Waals surface area contributed by atoms with Crippen LogP contribution >= 0.6 is 11.3 Å². The van der Waals surface area contributed by atoms with E-state index in [1.807, 2.05) is 14.1 Å². The number of nitrogens with one attached hydrogen (secondary N) is 1. The van der Waals surface area contributed by atoms with Gasteiger partial charge in [-0.15, -0.1) is 0 Å². The number of thiazole rings is 1. The highest BCUT2D eigenvalue weighted by Gasteiger charge is 2.03. The molecule has 5 heteroatoms. The van der Waals surface area contributed by atoms with Crippen molar-refractivity contribution < 1.29 is 0 Å². The van der Waals surface area contributed by atoms with Crippen molar-refractivity contribution in [3.8, 4) is 0 Å². The molecule has 0 spiro atoms. The summed E-state index contributed by atoms with van der Waals surface area (Å²) in [5, 5.41) is 4.88. The summed E-state index contributed by atoms with van der Waals surface area (Å²) in [6.45, 7) is 2.04. The fourth-order valence-electron chi connectivity index (χ4n) is 1.04. The Morgan fingerprint density at radius 2 is 2.46 bits per heavy atom. The predicted octanol–water partition coefficient (Wildman–Crippen LogP) is 0.771. The Bertz CT molecular complexity index is 248. The number of anilines is 2. The van der Waals surface area contributed by atoms with E-state index in [1.54, 1.807) is 6.20 Å². The first kappa shape index (κ1) is 10.3. The van der Waals surface area contributed by atoms with Crippen molar-refractivity contribution in [2.75, 3.05) is 37.8 Å². The third kappa shape index (κ3) is 3.20. The number of aromatic nitrogens is 1. The maximum absolute atomic E-state index is 5.59. The van der Waals surface area contributed by atoms with Crippen molar-refractivity contribution in [3.63, 3.8) is 0 Å². The fourth-order valence-corrected chi connectivity index (χ4v) is 1.71. The van der Waals surface area contributed by atoms with Crippen molar-refractivity contribution in [1.29, 1.82) is 0 Å². The van der Waals surface area contributed by atoms with Crippen LogP contribution in [0.1, 0.15) is 6.42 Å². The summed E-state index contributed by atoms with van der Waals surface area (Å²) in [7, 11) is 4.00. The van der Waals surface area contributed by atoms with Crippen molar-refractivity contribution in [1.82, 2.24) is 10.3 Å². The lowest BCUT2D eigenvalue weighted by Gasteiger charge is -2.14. The van der Waals surface area contributed by atoms with E-state index in [1.165, 1.54) is 11.3 Å².